The third-order valence-corrected chi connectivity index (χ3v) is 5.21. The van der Waals surface area contributed by atoms with Gasteiger partial charge in [0.2, 0.25) is 0 Å². The molecule has 1 aliphatic rings. The lowest BCUT2D eigenvalue weighted by Crippen LogP contribution is -3.05. The highest BCUT2D eigenvalue weighted by Gasteiger charge is 2.19. The lowest BCUT2D eigenvalue weighted by molar-refractivity contribution is -0.858. The van der Waals surface area contributed by atoms with Crippen molar-refractivity contribution >= 4 is 12.2 Å². The van der Waals surface area contributed by atoms with Gasteiger partial charge in [0, 0.05) is 29.8 Å². The zero-order valence-corrected chi connectivity index (χ0v) is 16.3. The largest absolute Gasteiger partial charge is 0.497 e. The smallest absolute Gasteiger partial charge is 0.141 e. The second-order valence-electron chi connectivity index (χ2n) is 7.07. The average Bonchev–Trinajstić information content (AvgIpc) is 2.63. The van der Waals surface area contributed by atoms with Gasteiger partial charge in [-0.25, -0.2) is 4.98 Å². The minimum atomic E-state index is 0.780. The third kappa shape index (κ3) is 4.10. The van der Waals surface area contributed by atoms with E-state index in [0.29, 0.717) is 0 Å². The van der Waals surface area contributed by atoms with E-state index >= 15 is 0 Å². The summed E-state index contributed by atoms with van der Waals surface area (Å²) in [6.45, 7) is 2.14. The first kappa shape index (κ1) is 18.1. The fourth-order valence-electron chi connectivity index (χ4n) is 3.58. The van der Waals surface area contributed by atoms with Gasteiger partial charge in [0.1, 0.15) is 16.2 Å². The van der Waals surface area contributed by atoms with Crippen molar-refractivity contribution < 1.29 is 9.64 Å². The molecule has 0 saturated heterocycles. The van der Waals surface area contributed by atoms with Crippen LogP contribution in [0.15, 0.2) is 24.3 Å². The van der Waals surface area contributed by atoms with Crippen LogP contribution in [-0.4, -0.2) is 37.3 Å². The first-order valence-corrected chi connectivity index (χ1v) is 9.57. The number of aromatic nitrogens is 2. The first-order chi connectivity index (χ1) is 12.1. The van der Waals surface area contributed by atoms with Gasteiger partial charge in [-0.05, 0) is 37.8 Å². The Balaban J connectivity index is 2.08. The molecule has 5 heteroatoms. The van der Waals surface area contributed by atoms with Gasteiger partial charge in [-0.1, -0.05) is 24.4 Å². The molecule has 0 spiro atoms. The molecule has 0 aliphatic heterocycles. The van der Waals surface area contributed by atoms with Crippen molar-refractivity contribution in [3.05, 3.63) is 40.2 Å². The average molecular weight is 359 g/mol. The number of ether oxygens (including phenoxy) is 1. The van der Waals surface area contributed by atoms with Crippen LogP contribution in [0.3, 0.4) is 0 Å². The lowest BCUT2D eigenvalue weighted by atomic mass is 9.96. The van der Waals surface area contributed by atoms with E-state index < -0.39 is 0 Å². The fourth-order valence-corrected chi connectivity index (χ4v) is 3.89. The lowest BCUT2D eigenvalue weighted by Gasteiger charge is -2.25. The van der Waals surface area contributed by atoms with E-state index in [0.717, 1.165) is 54.1 Å². The number of nitrogens with one attached hydrogen (secondary N) is 1. The summed E-state index contributed by atoms with van der Waals surface area (Å²) in [5.74, 6) is 1.84. The number of benzene rings is 1. The predicted molar refractivity (Wildman–Crippen MR) is 104 cm³/mol. The minimum absolute atomic E-state index is 0.780. The molecule has 4 nitrogen and oxygen atoms in total. The van der Waals surface area contributed by atoms with Crippen LogP contribution in [-0.2, 0) is 19.4 Å². The Bertz CT molecular complexity index is 798. The summed E-state index contributed by atoms with van der Waals surface area (Å²) in [6.07, 6.45) is 5.77. The maximum absolute atomic E-state index is 5.64. The summed E-state index contributed by atoms with van der Waals surface area (Å²) in [5, 5.41) is 0. The molecule has 0 amide bonds. The molecule has 0 saturated carbocycles. The van der Waals surface area contributed by atoms with Gasteiger partial charge in [0.05, 0.1) is 27.7 Å². The zero-order valence-electron chi connectivity index (χ0n) is 15.5. The first-order valence-electron chi connectivity index (χ1n) is 9.16. The maximum atomic E-state index is 5.64. The van der Waals surface area contributed by atoms with E-state index in [1.165, 1.54) is 29.0 Å². The molecule has 134 valence electrons. The summed E-state index contributed by atoms with van der Waals surface area (Å²) in [6, 6.07) is 8.14. The number of quaternary nitrogens is 1. The number of rotatable bonds is 6. The molecule has 0 bridgehead atoms. The summed E-state index contributed by atoms with van der Waals surface area (Å²) in [4.78, 5) is 6.32. The van der Waals surface area contributed by atoms with Gasteiger partial charge < -0.3 is 14.2 Å². The molecular weight excluding hydrogens is 330 g/mol. The second-order valence-corrected chi connectivity index (χ2v) is 7.45. The summed E-state index contributed by atoms with van der Waals surface area (Å²) < 4.78 is 8.60. The second kappa shape index (κ2) is 8.11. The highest BCUT2D eigenvalue weighted by atomic mass is 32.1. The predicted octanol–water partition coefficient (Wildman–Crippen LogP) is 2.70. The highest BCUT2D eigenvalue weighted by molar-refractivity contribution is 7.71. The molecule has 1 aromatic carbocycles. The van der Waals surface area contributed by atoms with E-state index in [1.54, 1.807) is 7.11 Å². The molecule has 0 atom stereocenters. The normalized spacial score (nSPS) is 13.8. The van der Waals surface area contributed by atoms with Crippen LogP contribution in [0.4, 0.5) is 0 Å². The SMILES string of the molecule is COc1cccc(-c2nc(=S)c3c(n2CCC[NH+](C)C)CCCC3)c1. The van der Waals surface area contributed by atoms with Gasteiger partial charge in [0.15, 0.2) is 0 Å². The molecule has 1 aliphatic carbocycles. The van der Waals surface area contributed by atoms with Crippen molar-refractivity contribution in [1.82, 2.24) is 9.55 Å². The minimum Gasteiger partial charge on any atom is -0.497 e. The summed E-state index contributed by atoms with van der Waals surface area (Å²) >= 11 is 5.64. The molecule has 1 heterocycles. The van der Waals surface area contributed by atoms with Crippen molar-refractivity contribution in [3.8, 4) is 17.1 Å². The van der Waals surface area contributed by atoms with Crippen LogP contribution in [0, 0.1) is 4.64 Å². The number of hydrogen-bond acceptors (Lipinski definition) is 3. The number of fused-ring (bicyclic) bond motifs is 1. The molecule has 25 heavy (non-hydrogen) atoms. The fraction of sp³-hybridized carbons (Fsp3) is 0.500. The molecule has 0 radical (unpaired) electrons. The highest BCUT2D eigenvalue weighted by Crippen LogP contribution is 2.29. The van der Waals surface area contributed by atoms with Gasteiger partial charge in [-0.3, -0.25) is 0 Å². The zero-order chi connectivity index (χ0) is 17.8. The van der Waals surface area contributed by atoms with Crippen LogP contribution in [0.5, 0.6) is 5.75 Å². The number of methoxy groups -OCH3 is 1. The maximum Gasteiger partial charge on any atom is 0.141 e. The molecule has 0 fully saturated rings. The standard InChI is InChI=1S/C20H27N3OS/c1-22(2)12-7-13-23-18-11-5-4-10-17(18)20(25)21-19(23)15-8-6-9-16(14-15)24-3/h6,8-9,14H,4-5,7,10-13H2,1-3H3/p+1. The van der Waals surface area contributed by atoms with Crippen LogP contribution < -0.4 is 9.64 Å². The van der Waals surface area contributed by atoms with Crippen molar-refractivity contribution in [2.45, 2.75) is 38.6 Å². The van der Waals surface area contributed by atoms with Crippen molar-refractivity contribution in [3.63, 3.8) is 0 Å². The Morgan fingerprint density at radius 2 is 2.04 bits per heavy atom. The Hall–Kier alpha value is -1.72. The van der Waals surface area contributed by atoms with Crippen LogP contribution >= 0.6 is 12.2 Å². The van der Waals surface area contributed by atoms with Crippen LogP contribution in [0.2, 0.25) is 0 Å². The molecule has 2 aromatic rings. The van der Waals surface area contributed by atoms with E-state index in [-0.39, 0.29) is 0 Å². The van der Waals surface area contributed by atoms with Crippen LogP contribution in [0.1, 0.15) is 30.5 Å². The quantitative estimate of drug-likeness (QED) is 0.806. The third-order valence-electron chi connectivity index (χ3n) is 4.87. The van der Waals surface area contributed by atoms with Crippen LogP contribution in [0.25, 0.3) is 11.4 Å². The topological polar surface area (TPSA) is 31.5 Å². The van der Waals surface area contributed by atoms with Gasteiger partial charge >= 0.3 is 0 Å². The molecule has 1 N–H and O–H groups in total. The Labute approximate surface area is 155 Å². The van der Waals surface area contributed by atoms with Gasteiger partial charge in [0.25, 0.3) is 0 Å². The van der Waals surface area contributed by atoms with Crippen molar-refractivity contribution in [2.24, 2.45) is 0 Å². The molecular formula is C20H28N3OS+. The summed E-state index contributed by atoms with van der Waals surface area (Å²) in [7, 11) is 6.10. The van der Waals surface area contributed by atoms with Gasteiger partial charge in [-0.2, -0.15) is 0 Å². The Morgan fingerprint density at radius 1 is 1.24 bits per heavy atom. The van der Waals surface area contributed by atoms with Gasteiger partial charge in [-0.15, -0.1) is 0 Å². The number of hydrogen-bond donors (Lipinski definition) is 1. The Morgan fingerprint density at radius 3 is 2.80 bits per heavy atom. The molecule has 0 unspecified atom stereocenters. The summed E-state index contributed by atoms with van der Waals surface area (Å²) in [5.41, 5.74) is 3.78. The Kier molecular flexibility index (Phi) is 5.86. The molecule has 1 aromatic heterocycles. The van der Waals surface area contributed by atoms with E-state index in [4.69, 9.17) is 21.9 Å². The van der Waals surface area contributed by atoms with Crippen molar-refractivity contribution in [2.75, 3.05) is 27.7 Å². The van der Waals surface area contributed by atoms with Crippen molar-refractivity contribution in [1.29, 1.82) is 0 Å². The van der Waals surface area contributed by atoms with E-state index in [9.17, 15) is 0 Å². The van der Waals surface area contributed by atoms with E-state index in [2.05, 4.69) is 30.8 Å². The van der Waals surface area contributed by atoms with E-state index in [1.807, 2.05) is 12.1 Å². The number of nitrogens with zero attached hydrogens (tertiary/aromatic N) is 2. The molecule has 3 rings (SSSR count). The monoisotopic (exact) mass is 358 g/mol.